The van der Waals surface area contributed by atoms with Gasteiger partial charge in [-0.15, -0.1) is 0 Å². The number of aromatic amines is 1. The molecule has 0 atom stereocenters. The van der Waals surface area contributed by atoms with E-state index in [1.54, 1.807) is 6.92 Å². The second kappa shape index (κ2) is 5.08. The third kappa shape index (κ3) is 2.30. The minimum atomic E-state index is -0.304. The van der Waals surface area contributed by atoms with Crippen molar-refractivity contribution in [3.63, 3.8) is 0 Å². The summed E-state index contributed by atoms with van der Waals surface area (Å²) in [5.41, 5.74) is 4.72. The van der Waals surface area contributed by atoms with Crippen molar-refractivity contribution >= 4 is 5.97 Å². The molecule has 2 rings (SSSR count). The lowest BCUT2D eigenvalue weighted by molar-refractivity contribution is 0.0521. The van der Waals surface area contributed by atoms with Crippen LogP contribution in [0.2, 0.25) is 0 Å². The Bertz CT molecular complexity index is 552. The molecule has 0 radical (unpaired) electrons. The molecule has 1 N–H and O–H groups in total. The fraction of sp³-hybridized carbons (Fsp3) is 0.267. The van der Waals surface area contributed by atoms with Crippen LogP contribution in [-0.4, -0.2) is 17.6 Å². The number of carbonyl (C=O) groups is 1. The molecule has 0 saturated carbocycles. The van der Waals surface area contributed by atoms with Gasteiger partial charge in [-0.1, -0.05) is 29.8 Å². The minimum Gasteiger partial charge on any atom is -0.461 e. The van der Waals surface area contributed by atoms with Gasteiger partial charge in [-0.3, -0.25) is 0 Å². The maximum Gasteiger partial charge on any atom is 0.355 e. The molecule has 18 heavy (non-hydrogen) atoms. The predicted molar refractivity (Wildman–Crippen MR) is 71.7 cm³/mol. The summed E-state index contributed by atoms with van der Waals surface area (Å²) in [6.07, 6.45) is 1.83. The monoisotopic (exact) mass is 243 g/mol. The number of rotatable bonds is 3. The van der Waals surface area contributed by atoms with E-state index < -0.39 is 0 Å². The Balaban J connectivity index is 2.46. The molecular weight excluding hydrogens is 226 g/mol. The van der Waals surface area contributed by atoms with Crippen molar-refractivity contribution in [3.05, 3.63) is 47.3 Å². The molecule has 3 nitrogen and oxygen atoms in total. The van der Waals surface area contributed by atoms with Gasteiger partial charge >= 0.3 is 5.97 Å². The molecule has 3 heteroatoms. The number of carbonyl (C=O) groups excluding carboxylic acids is 1. The summed E-state index contributed by atoms with van der Waals surface area (Å²) < 4.78 is 5.06. The van der Waals surface area contributed by atoms with Gasteiger partial charge in [-0.05, 0) is 31.9 Å². The first-order valence-electron chi connectivity index (χ1n) is 6.05. The topological polar surface area (TPSA) is 42.1 Å². The first kappa shape index (κ1) is 12.4. The summed E-state index contributed by atoms with van der Waals surface area (Å²) in [4.78, 5) is 14.9. The zero-order valence-electron chi connectivity index (χ0n) is 10.9. The van der Waals surface area contributed by atoms with Crippen LogP contribution >= 0.6 is 0 Å². The third-order valence-electron chi connectivity index (χ3n) is 2.90. The summed E-state index contributed by atoms with van der Waals surface area (Å²) in [6, 6.07) is 8.12. The second-order valence-electron chi connectivity index (χ2n) is 4.31. The Hall–Kier alpha value is -2.03. The highest BCUT2D eigenvalue weighted by Crippen LogP contribution is 2.28. The smallest absolute Gasteiger partial charge is 0.355 e. The lowest BCUT2D eigenvalue weighted by Gasteiger charge is -2.06. The highest BCUT2D eigenvalue weighted by Gasteiger charge is 2.17. The number of ether oxygens (including phenoxy) is 1. The fourth-order valence-electron chi connectivity index (χ4n) is 1.98. The lowest BCUT2D eigenvalue weighted by Crippen LogP contribution is -2.06. The van der Waals surface area contributed by atoms with Gasteiger partial charge in [0.05, 0.1) is 6.61 Å². The summed E-state index contributed by atoms with van der Waals surface area (Å²) in [7, 11) is 0. The quantitative estimate of drug-likeness (QED) is 0.839. The first-order chi connectivity index (χ1) is 8.63. The molecule has 0 aliphatic carbocycles. The van der Waals surface area contributed by atoms with Crippen LogP contribution in [0.1, 0.15) is 28.5 Å². The number of nitrogens with one attached hydrogen (secondary N) is 1. The maximum atomic E-state index is 11.9. The van der Waals surface area contributed by atoms with Crippen LogP contribution in [-0.2, 0) is 4.74 Å². The Morgan fingerprint density at radius 3 is 2.50 bits per heavy atom. The Morgan fingerprint density at radius 2 is 1.89 bits per heavy atom. The Labute approximate surface area is 107 Å². The minimum absolute atomic E-state index is 0.304. The van der Waals surface area contributed by atoms with Gasteiger partial charge in [0, 0.05) is 11.8 Å². The molecule has 0 unspecified atom stereocenters. The molecular formula is C15H17NO2. The van der Waals surface area contributed by atoms with Crippen molar-refractivity contribution in [2.75, 3.05) is 6.61 Å². The number of benzene rings is 1. The van der Waals surface area contributed by atoms with E-state index in [0.29, 0.717) is 12.3 Å². The van der Waals surface area contributed by atoms with Gasteiger partial charge in [-0.25, -0.2) is 4.79 Å². The normalized spacial score (nSPS) is 10.4. The van der Waals surface area contributed by atoms with Gasteiger partial charge in [0.25, 0.3) is 0 Å². The van der Waals surface area contributed by atoms with E-state index in [1.165, 1.54) is 5.56 Å². The van der Waals surface area contributed by atoms with Crippen LogP contribution < -0.4 is 0 Å². The SMILES string of the molecule is CCOC(=O)c1[nH]cc(C)c1-c1ccc(C)cc1. The molecule has 1 aromatic carbocycles. The molecule has 94 valence electrons. The van der Waals surface area contributed by atoms with Gasteiger partial charge in [-0.2, -0.15) is 0 Å². The van der Waals surface area contributed by atoms with Crippen molar-refractivity contribution in [1.82, 2.24) is 4.98 Å². The fourth-order valence-corrected chi connectivity index (χ4v) is 1.98. The molecule has 0 amide bonds. The largest absolute Gasteiger partial charge is 0.461 e. The van der Waals surface area contributed by atoms with E-state index in [1.807, 2.05) is 44.3 Å². The predicted octanol–water partition coefficient (Wildman–Crippen LogP) is 3.48. The summed E-state index contributed by atoms with van der Waals surface area (Å²) in [5.74, 6) is -0.304. The lowest BCUT2D eigenvalue weighted by atomic mass is 10.0. The van der Waals surface area contributed by atoms with Crippen LogP contribution in [0.15, 0.2) is 30.5 Å². The van der Waals surface area contributed by atoms with Crippen LogP contribution in [0, 0.1) is 13.8 Å². The van der Waals surface area contributed by atoms with Gasteiger partial charge in [0.15, 0.2) is 0 Å². The maximum absolute atomic E-state index is 11.9. The zero-order chi connectivity index (χ0) is 13.1. The van der Waals surface area contributed by atoms with E-state index in [9.17, 15) is 4.79 Å². The van der Waals surface area contributed by atoms with Gasteiger partial charge in [0.1, 0.15) is 5.69 Å². The molecule has 0 bridgehead atoms. The van der Waals surface area contributed by atoms with E-state index in [0.717, 1.165) is 16.7 Å². The second-order valence-corrected chi connectivity index (χ2v) is 4.31. The third-order valence-corrected chi connectivity index (χ3v) is 2.90. The molecule has 1 heterocycles. The molecule has 0 aliphatic rings. The van der Waals surface area contributed by atoms with E-state index in [-0.39, 0.29) is 5.97 Å². The molecule has 0 saturated heterocycles. The molecule has 0 fully saturated rings. The van der Waals surface area contributed by atoms with Crippen molar-refractivity contribution < 1.29 is 9.53 Å². The molecule has 0 spiro atoms. The Morgan fingerprint density at radius 1 is 1.22 bits per heavy atom. The number of esters is 1. The van der Waals surface area contributed by atoms with Crippen molar-refractivity contribution in [2.24, 2.45) is 0 Å². The van der Waals surface area contributed by atoms with Crippen LogP contribution in [0.4, 0.5) is 0 Å². The van der Waals surface area contributed by atoms with Gasteiger partial charge < -0.3 is 9.72 Å². The standard InChI is InChI=1S/C15H17NO2/c1-4-18-15(17)14-13(11(3)9-16-14)12-7-5-10(2)6-8-12/h5-9,16H,4H2,1-3H3. The number of hydrogen-bond acceptors (Lipinski definition) is 2. The van der Waals surface area contributed by atoms with E-state index in [2.05, 4.69) is 4.98 Å². The number of aryl methyl sites for hydroxylation is 2. The van der Waals surface area contributed by atoms with E-state index >= 15 is 0 Å². The van der Waals surface area contributed by atoms with Crippen molar-refractivity contribution in [2.45, 2.75) is 20.8 Å². The van der Waals surface area contributed by atoms with Crippen LogP contribution in [0.25, 0.3) is 11.1 Å². The summed E-state index contributed by atoms with van der Waals surface area (Å²) in [6.45, 7) is 6.21. The van der Waals surface area contributed by atoms with E-state index in [4.69, 9.17) is 4.74 Å². The van der Waals surface area contributed by atoms with Crippen LogP contribution in [0.5, 0.6) is 0 Å². The summed E-state index contributed by atoms with van der Waals surface area (Å²) >= 11 is 0. The highest BCUT2D eigenvalue weighted by atomic mass is 16.5. The highest BCUT2D eigenvalue weighted by molar-refractivity contribution is 5.96. The Kier molecular flexibility index (Phi) is 3.51. The first-order valence-corrected chi connectivity index (χ1v) is 6.05. The number of aromatic nitrogens is 1. The van der Waals surface area contributed by atoms with Crippen LogP contribution in [0.3, 0.4) is 0 Å². The zero-order valence-corrected chi connectivity index (χ0v) is 10.9. The average Bonchev–Trinajstić information content (AvgIpc) is 2.73. The number of hydrogen-bond donors (Lipinski definition) is 1. The molecule has 2 aromatic rings. The molecule has 1 aromatic heterocycles. The average molecular weight is 243 g/mol. The van der Waals surface area contributed by atoms with Crippen molar-refractivity contribution in [3.8, 4) is 11.1 Å². The molecule has 0 aliphatic heterocycles. The van der Waals surface area contributed by atoms with Crippen molar-refractivity contribution in [1.29, 1.82) is 0 Å². The van der Waals surface area contributed by atoms with Gasteiger partial charge in [0.2, 0.25) is 0 Å². The number of H-pyrrole nitrogens is 1. The summed E-state index contributed by atoms with van der Waals surface area (Å²) in [5, 5.41) is 0.